The van der Waals surface area contributed by atoms with Crippen molar-refractivity contribution in [1.82, 2.24) is 19.5 Å². The molecule has 0 radical (unpaired) electrons. The highest BCUT2D eigenvalue weighted by molar-refractivity contribution is 5.84. The average Bonchev–Trinajstić information content (AvgIpc) is 3.11. The summed E-state index contributed by atoms with van der Waals surface area (Å²) in [6, 6.07) is 5.57. The molecule has 3 aromatic rings. The fraction of sp³-hybridized carbons (Fsp3) is 0.450. The minimum Gasteiger partial charge on any atom is -0.508 e. The molecule has 0 amide bonds. The number of nitrogens with zero attached hydrogens (tertiary/aromatic N) is 4. The van der Waals surface area contributed by atoms with Crippen molar-refractivity contribution in [1.29, 1.82) is 0 Å². The summed E-state index contributed by atoms with van der Waals surface area (Å²) in [5.41, 5.74) is 3.24. The molecular formula is C20H28N6O2. The van der Waals surface area contributed by atoms with Gasteiger partial charge >= 0.3 is 0 Å². The molecular weight excluding hydrogens is 356 g/mol. The molecule has 0 spiro atoms. The number of hydrogen-bond acceptors (Lipinski definition) is 7. The number of hydrogen-bond donors (Lipinski definition) is 4. The van der Waals surface area contributed by atoms with Crippen LogP contribution in [0.15, 0.2) is 24.5 Å². The van der Waals surface area contributed by atoms with Crippen LogP contribution in [0, 0.1) is 6.92 Å². The number of aliphatic hydroxyl groups excluding tert-OH is 1. The maximum atomic E-state index is 10.1. The fourth-order valence-electron chi connectivity index (χ4n) is 2.98. The minimum absolute atomic E-state index is 0.00126. The normalized spacial score (nSPS) is 12.5. The van der Waals surface area contributed by atoms with Gasteiger partial charge < -0.3 is 25.4 Å². The highest BCUT2D eigenvalue weighted by atomic mass is 16.3. The number of fused-ring (bicyclic) bond motifs is 1. The minimum atomic E-state index is -0.124. The average molecular weight is 384 g/mol. The third-order valence-electron chi connectivity index (χ3n) is 4.71. The van der Waals surface area contributed by atoms with Crippen molar-refractivity contribution >= 4 is 22.9 Å². The maximum absolute atomic E-state index is 10.1. The zero-order chi connectivity index (χ0) is 20.3. The molecule has 8 heteroatoms. The Balaban J connectivity index is 1.98. The Labute approximate surface area is 164 Å². The summed E-state index contributed by atoms with van der Waals surface area (Å²) < 4.78 is 1.98. The molecule has 0 fully saturated rings. The number of rotatable bonds is 8. The predicted octanol–water partition coefficient (Wildman–Crippen LogP) is 3.22. The molecule has 0 aliphatic heterocycles. The van der Waals surface area contributed by atoms with E-state index in [0.29, 0.717) is 23.8 Å². The number of aliphatic hydroxyl groups is 1. The van der Waals surface area contributed by atoms with E-state index in [2.05, 4.69) is 39.4 Å². The summed E-state index contributed by atoms with van der Waals surface area (Å²) in [5.74, 6) is 1.26. The van der Waals surface area contributed by atoms with Gasteiger partial charge in [0.1, 0.15) is 5.75 Å². The number of phenols is 1. The molecule has 8 nitrogen and oxygen atoms in total. The third kappa shape index (κ3) is 4.17. The van der Waals surface area contributed by atoms with E-state index < -0.39 is 0 Å². The number of aromatic hydroxyl groups is 1. The molecule has 0 aliphatic rings. The second-order valence-corrected chi connectivity index (χ2v) is 7.23. The lowest BCUT2D eigenvalue weighted by Crippen LogP contribution is -2.24. The second kappa shape index (κ2) is 8.43. The SMILES string of the molecule is CCC(CO)Nc1nc(NCc2cc(C)ccc2O)c2ncn(C(C)C)c2n1. The van der Waals surface area contributed by atoms with E-state index in [-0.39, 0.29) is 24.4 Å². The molecule has 3 rings (SSSR count). The van der Waals surface area contributed by atoms with Crippen LogP contribution in [-0.2, 0) is 6.54 Å². The van der Waals surface area contributed by atoms with Gasteiger partial charge in [0.25, 0.3) is 0 Å². The number of benzene rings is 1. The standard InChI is InChI=1S/C20H28N6O2/c1-5-15(10-27)23-20-24-18(17-19(25-20)26(11-22-17)12(2)3)21-9-14-8-13(4)6-7-16(14)28/h6-8,11-12,15,27-28H,5,9-10H2,1-4H3,(H2,21,23,24,25). The Kier molecular flexibility index (Phi) is 5.99. The van der Waals surface area contributed by atoms with E-state index >= 15 is 0 Å². The summed E-state index contributed by atoms with van der Waals surface area (Å²) >= 11 is 0. The van der Waals surface area contributed by atoms with Crippen molar-refractivity contribution < 1.29 is 10.2 Å². The van der Waals surface area contributed by atoms with Gasteiger partial charge in [0.2, 0.25) is 5.95 Å². The van der Waals surface area contributed by atoms with Crippen LogP contribution in [0.4, 0.5) is 11.8 Å². The molecule has 0 saturated heterocycles. The van der Waals surface area contributed by atoms with Gasteiger partial charge in [-0.05, 0) is 33.3 Å². The lowest BCUT2D eigenvalue weighted by atomic mass is 10.1. The molecule has 0 aliphatic carbocycles. The highest BCUT2D eigenvalue weighted by Gasteiger charge is 2.16. The molecule has 4 N–H and O–H groups in total. The summed E-state index contributed by atoms with van der Waals surface area (Å²) in [7, 11) is 0. The van der Waals surface area contributed by atoms with Crippen LogP contribution in [-0.4, -0.2) is 42.4 Å². The lowest BCUT2D eigenvalue weighted by molar-refractivity contribution is 0.271. The third-order valence-corrected chi connectivity index (χ3v) is 4.71. The van der Waals surface area contributed by atoms with E-state index in [4.69, 9.17) is 0 Å². The van der Waals surface area contributed by atoms with Crippen LogP contribution in [0.2, 0.25) is 0 Å². The van der Waals surface area contributed by atoms with Crippen molar-refractivity contribution in [2.45, 2.75) is 52.7 Å². The van der Waals surface area contributed by atoms with Gasteiger partial charge in [-0.25, -0.2) is 4.98 Å². The van der Waals surface area contributed by atoms with E-state index in [1.165, 1.54) is 0 Å². The fourth-order valence-corrected chi connectivity index (χ4v) is 2.98. The van der Waals surface area contributed by atoms with Gasteiger partial charge in [0, 0.05) is 18.2 Å². The second-order valence-electron chi connectivity index (χ2n) is 7.23. The number of aryl methyl sites for hydroxylation is 1. The highest BCUT2D eigenvalue weighted by Crippen LogP contribution is 2.25. The van der Waals surface area contributed by atoms with Crippen LogP contribution < -0.4 is 10.6 Å². The molecule has 2 aromatic heterocycles. The van der Waals surface area contributed by atoms with Gasteiger partial charge in [-0.2, -0.15) is 9.97 Å². The Hall–Kier alpha value is -2.87. The summed E-state index contributed by atoms with van der Waals surface area (Å²) in [5, 5.41) is 26.1. The number of anilines is 2. The van der Waals surface area contributed by atoms with Crippen LogP contribution >= 0.6 is 0 Å². The molecule has 1 aromatic carbocycles. The molecule has 0 saturated carbocycles. The molecule has 28 heavy (non-hydrogen) atoms. The summed E-state index contributed by atoms with van der Waals surface area (Å²) in [6.45, 7) is 8.52. The number of aromatic nitrogens is 4. The van der Waals surface area contributed by atoms with Gasteiger partial charge in [-0.3, -0.25) is 0 Å². The van der Waals surface area contributed by atoms with E-state index in [9.17, 15) is 10.2 Å². The first kappa shape index (κ1) is 19.9. The molecule has 0 bridgehead atoms. The van der Waals surface area contributed by atoms with Crippen molar-refractivity contribution in [3.05, 3.63) is 35.7 Å². The quantitative estimate of drug-likeness (QED) is 0.472. The summed E-state index contributed by atoms with van der Waals surface area (Å²) in [4.78, 5) is 13.7. The lowest BCUT2D eigenvalue weighted by Gasteiger charge is -2.16. The number of imidazole rings is 1. The number of phenolic OH excluding ortho intramolecular Hbond substituents is 1. The maximum Gasteiger partial charge on any atom is 0.227 e. The van der Waals surface area contributed by atoms with Crippen molar-refractivity contribution in [3.63, 3.8) is 0 Å². The van der Waals surface area contributed by atoms with Crippen LogP contribution in [0.1, 0.15) is 44.4 Å². The van der Waals surface area contributed by atoms with E-state index in [1.807, 2.05) is 30.5 Å². The van der Waals surface area contributed by atoms with Crippen molar-refractivity contribution in [2.24, 2.45) is 0 Å². The van der Waals surface area contributed by atoms with Gasteiger partial charge in [-0.1, -0.05) is 24.6 Å². The largest absolute Gasteiger partial charge is 0.508 e. The molecule has 150 valence electrons. The van der Waals surface area contributed by atoms with E-state index in [0.717, 1.165) is 23.2 Å². The molecule has 1 unspecified atom stereocenters. The van der Waals surface area contributed by atoms with Crippen LogP contribution in [0.25, 0.3) is 11.2 Å². The predicted molar refractivity (Wildman–Crippen MR) is 111 cm³/mol. The van der Waals surface area contributed by atoms with Gasteiger partial charge in [0.05, 0.1) is 19.0 Å². The van der Waals surface area contributed by atoms with Crippen LogP contribution in [0.3, 0.4) is 0 Å². The Bertz CT molecular complexity index is 949. The first-order chi connectivity index (χ1) is 13.4. The topological polar surface area (TPSA) is 108 Å². The van der Waals surface area contributed by atoms with Crippen LogP contribution in [0.5, 0.6) is 5.75 Å². The van der Waals surface area contributed by atoms with Crippen molar-refractivity contribution in [3.8, 4) is 5.75 Å². The zero-order valence-corrected chi connectivity index (χ0v) is 16.8. The first-order valence-corrected chi connectivity index (χ1v) is 9.57. The smallest absolute Gasteiger partial charge is 0.227 e. The monoisotopic (exact) mass is 384 g/mol. The molecule has 2 heterocycles. The van der Waals surface area contributed by atoms with Crippen molar-refractivity contribution in [2.75, 3.05) is 17.2 Å². The Morgan fingerprint density at radius 1 is 1.21 bits per heavy atom. The van der Waals surface area contributed by atoms with E-state index in [1.54, 1.807) is 12.4 Å². The summed E-state index contributed by atoms with van der Waals surface area (Å²) in [6.07, 6.45) is 2.51. The Morgan fingerprint density at radius 2 is 2.00 bits per heavy atom. The van der Waals surface area contributed by atoms with Gasteiger partial charge in [0.15, 0.2) is 17.0 Å². The van der Waals surface area contributed by atoms with Gasteiger partial charge in [-0.15, -0.1) is 0 Å². The first-order valence-electron chi connectivity index (χ1n) is 9.57. The Morgan fingerprint density at radius 3 is 2.68 bits per heavy atom. The number of nitrogens with one attached hydrogen (secondary N) is 2. The molecule has 1 atom stereocenters. The zero-order valence-electron chi connectivity index (χ0n) is 16.8.